The number of nitrogens with zero attached hydrogens (tertiary/aromatic N) is 2. The molecule has 0 bridgehead atoms. The molecule has 0 aromatic heterocycles. The molecule has 6 nitrogen and oxygen atoms in total. The highest BCUT2D eigenvalue weighted by Gasteiger charge is 2.58. The van der Waals surface area contributed by atoms with E-state index in [1.54, 1.807) is 25.1 Å². The maximum absolute atomic E-state index is 12.3. The van der Waals surface area contributed by atoms with E-state index < -0.39 is 18.0 Å². The zero-order valence-corrected chi connectivity index (χ0v) is 15.0. The average molecular weight is 376 g/mol. The van der Waals surface area contributed by atoms with E-state index in [0.29, 0.717) is 22.0 Å². The highest BCUT2D eigenvalue weighted by molar-refractivity contribution is 8.22. The van der Waals surface area contributed by atoms with Gasteiger partial charge in [0.05, 0.1) is 27.9 Å². The molecule has 2 aliphatic heterocycles. The van der Waals surface area contributed by atoms with Gasteiger partial charge in [-0.25, -0.2) is 4.79 Å². The van der Waals surface area contributed by atoms with Gasteiger partial charge in [0.15, 0.2) is 5.70 Å². The SMILES string of the molecule is CC[C@H](O)[C@@H]1C(=O)N2C(C(=O)O)=C(SCc3cccc(C#N)c3)S[C@H]12. The number of carbonyl (C=O) groups excluding carboxylic acids is 1. The van der Waals surface area contributed by atoms with Crippen LogP contribution in [0.3, 0.4) is 0 Å². The minimum absolute atomic E-state index is 0.000917. The summed E-state index contributed by atoms with van der Waals surface area (Å²) >= 11 is 2.66. The number of aliphatic hydroxyl groups is 1. The van der Waals surface area contributed by atoms with Crippen molar-refractivity contribution in [2.75, 3.05) is 0 Å². The molecule has 130 valence electrons. The number of carboxylic acid groups (broad SMARTS) is 1. The quantitative estimate of drug-likeness (QED) is 0.735. The maximum atomic E-state index is 12.3. The minimum atomic E-state index is -1.14. The lowest BCUT2D eigenvalue weighted by molar-refractivity contribution is -0.157. The Morgan fingerprint density at radius 3 is 2.92 bits per heavy atom. The zero-order valence-electron chi connectivity index (χ0n) is 13.4. The Morgan fingerprint density at radius 1 is 1.52 bits per heavy atom. The molecule has 1 aromatic carbocycles. The normalized spacial score (nSPS) is 23.1. The second kappa shape index (κ2) is 7.12. The van der Waals surface area contributed by atoms with Crippen molar-refractivity contribution in [1.29, 1.82) is 5.26 Å². The number of β-lactam (4-membered cyclic amide) rings is 1. The molecule has 2 heterocycles. The van der Waals surface area contributed by atoms with Crippen LogP contribution in [0.15, 0.2) is 34.2 Å². The van der Waals surface area contributed by atoms with E-state index in [4.69, 9.17) is 5.26 Å². The number of hydrogen-bond donors (Lipinski definition) is 2. The van der Waals surface area contributed by atoms with Crippen LogP contribution in [0.25, 0.3) is 0 Å². The standard InChI is InChI=1S/C17H16N2O4S2/c1-2-11(20)12-14(21)19-13(16(22)23)17(25-15(12)19)24-8-10-5-3-4-9(6-10)7-18/h3-6,11-12,15,20H,2,8H2,1H3,(H,22,23)/t11-,12+,15+/m0/s1. The van der Waals surface area contributed by atoms with E-state index in [9.17, 15) is 19.8 Å². The number of carboxylic acids is 1. The number of rotatable bonds is 6. The van der Waals surface area contributed by atoms with E-state index in [1.165, 1.54) is 28.4 Å². The summed E-state index contributed by atoms with van der Waals surface area (Å²) in [5.41, 5.74) is 1.46. The first-order valence-corrected chi connectivity index (χ1v) is 9.61. The van der Waals surface area contributed by atoms with Crippen molar-refractivity contribution in [3.8, 4) is 6.07 Å². The molecule has 1 fully saturated rings. The van der Waals surface area contributed by atoms with Crippen LogP contribution in [0.4, 0.5) is 0 Å². The summed E-state index contributed by atoms with van der Waals surface area (Å²) < 4.78 is 0.569. The molecule has 0 unspecified atom stereocenters. The largest absolute Gasteiger partial charge is 0.477 e. The van der Waals surface area contributed by atoms with Crippen molar-refractivity contribution >= 4 is 35.4 Å². The predicted molar refractivity (Wildman–Crippen MR) is 95.1 cm³/mol. The Kier molecular flexibility index (Phi) is 5.08. The van der Waals surface area contributed by atoms with Crippen LogP contribution in [0.1, 0.15) is 24.5 Å². The van der Waals surface area contributed by atoms with Crippen molar-refractivity contribution in [3.05, 3.63) is 45.3 Å². The van der Waals surface area contributed by atoms with Crippen LogP contribution in [-0.4, -0.2) is 38.5 Å². The van der Waals surface area contributed by atoms with E-state index in [2.05, 4.69) is 6.07 Å². The molecule has 2 aliphatic rings. The lowest BCUT2D eigenvalue weighted by Crippen LogP contribution is -2.61. The van der Waals surface area contributed by atoms with Gasteiger partial charge in [-0.15, -0.1) is 11.8 Å². The number of hydrogen-bond acceptors (Lipinski definition) is 6. The Morgan fingerprint density at radius 2 is 2.28 bits per heavy atom. The van der Waals surface area contributed by atoms with Gasteiger partial charge in [-0.05, 0) is 24.1 Å². The summed E-state index contributed by atoms with van der Waals surface area (Å²) in [6, 6.07) is 9.20. The van der Waals surface area contributed by atoms with Crippen molar-refractivity contribution in [3.63, 3.8) is 0 Å². The summed E-state index contributed by atoms with van der Waals surface area (Å²) in [7, 11) is 0. The maximum Gasteiger partial charge on any atom is 0.354 e. The Hall–Kier alpha value is -1.95. The van der Waals surface area contributed by atoms with Gasteiger partial charge in [-0.1, -0.05) is 30.8 Å². The number of nitriles is 1. The molecule has 0 spiro atoms. The van der Waals surface area contributed by atoms with Gasteiger partial charge in [0, 0.05) is 5.75 Å². The highest BCUT2D eigenvalue weighted by Crippen LogP contribution is 2.54. The molecule has 0 saturated carbocycles. The summed E-state index contributed by atoms with van der Waals surface area (Å²) in [6.07, 6.45) is -0.305. The zero-order chi connectivity index (χ0) is 18.1. The van der Waals surface area contributed by atoms with Gasteiger partial charge in [0.2, 0.25) is 5.91 Å². The van der Waals surface area contributed by atoms with E-state index in [-0.39, 0.29) is 17.0 Å². The summed E-state index contributed by atoms with van der Waals surface area (Å²) in [5.74, 6) is -1.51. The topological polar surface area (TPSA) is 102 Å². The molecule has 25 heavy (non-hydrogen) atoms. The van der Waals surface area contributed by atoms with Crippen LogP contribution in [-0.2, 0) is 15.3 Å². The number of aliphatic carboxylic acids is 1. The minimum Gasteiger partial charge on any atom is -0.477 e. The van der Waals surface area contributed by atoms with Gasteiger partial charge in [-0.2, -0.15) is 5.26 Å². The molecule has 0 radical (unpaired) electrons. The second-order valence-electron chi connectivity index (χ2n) is 5.76. The molecule has 3 rings (SSSR count). The first-order chi connectivity index (χ1) is 12.0. The molecular weight excluding hydrogens is 360 g/mol. The number of amides is 1. The Labute approximate surface area is 153 Å². The fraction of sp³-hybridized carbons (Fsp3) is 0.353. The van der Waals surface area contributed by atoms with E-state index >= 15 is 0 Å². The summed E-state index contributed by atoms with van der Waals surface area (Å²) in [6.45, 7) is 1.80. The first-order valence-electron chi connectivity index (χ1n) is 7.75. The lowest BCUT2D eigenvalue weighted by atomic mass is 9.90. The van der Waals surface area contributed by atoms with E-state index in [0.717, 1.165) is 5.56 Å². The van der Waals surface area contributed by atoms with Crippen molar-refractivity contribution in [2.45, 2.75) is 30.6 Å². The van der Waals surface area contributed by atoms with Gasteiger partial charge in [0.25, 0.3) is 0 Å². The number of benzene rings is 1. The van der Waals surface area contributed by atoms with Gasteiger partial charge in [-0.3, -0.25) is 9.69 Å². The van der Waals surface area contributed by atoms with Gasteiger partial charge in [0.1, 0.15) is 5.37 Å². The van der Waals surface area contributed by atoms with Gasteiger partial charge >= 0.3 is 5.97 Å². The second-order valence-corrected chi connectivity index (χ2v) is 8.13. The van der Waals surface area contributed by atoms with Crippen molar-refractivity contribution in [1.82, 2.24) is 4.90 Å². The third-order valence-corrected chi connectivity index (χ3v) is 6.94. The fourth-order valence-corrected chi connectivity index (χ4v) is 5.71. The number of aliphatic hydroxyl groups excluding tert-OH is 1. The molecule has 8 heteroatoms. The molecule has 0 aliphatic carbocycles. The summed E-state index contributed by atoms with van der Waals surface area (Å²) in [5, 5.41) is 28.1. The van der Waals surface area contributed by atoms with Crippen LogP contribution in [0.2, 0.25) is 0 Å². The van der Waals surface area contributed by atoms with Crippen LogP contribution < -0.4 is 0 Å². The number of fused-ring (bicyclic) bond motifs is 1. The molecule has 2 N–H and O–H groups in total. The third-order valence-electron chi connectivity index (χ3n) is 4.21. The molecule has 1 amide bonds. The fourth-order valence-electron chi connectivity index (χ4n) is 2.89. The number of thioether (sulfide) groups is 2. The highest BCUT2D eigenvalue weighted by atomic mass is 32.2. The lowest BCUT2D eigenvalue weighted by Gasteiger charge is -2.44. The van der Waals surface area contributed by atoms with Crippen LogP contribution in [0.5, 0.6) is 0 Å². The van der Waals surface area contributed by atoms with Gasteiger partial charge < -0.3 is 10.2 Å². The molecular formula is C17H16N2O4S2. The molecule has 3 atom stereocenters. The van der Waals surface area contributed by atoms with E-state index in [1.807, 2.05) is 6.07 Å². The molecule has 1 aromatic rings. The van der Waals surface area contributed by atoms with Crippen LogP contribution in [0, 0.1) is 17.2 Å². The van der Waals surface area contributed by atoms with Crippen LogP contribution >= 0.6 is 23.5 Å². The average Bonchev–Trinajstić information content (AvgIpc) is 2.94. The third kappa shape index (κ3) is 3.15. The summed E-state index contributed by atoms with van der Waals surface area (Å²) in [4.78, 5) is 25.2. The molecule has 1 saturated heterocycles. The smallest absolute Gasteiger partial charge is 0.354 e. The number of carbonyl (C=O) groups is 2. The predicted octanol–water partition coefficient (Wildman–Crippen LogP) is 2.35. The Balaban J connectivity index is 1.78. The monoisotopic (exact) mass is 376 g/mol. The Bertz CT molecular complexity index is 802. The van der Waals surface area contributed by atoms with Crippen molar-refractivity contribution in [2.24, 2.45) is 5.92 Å². The first kappa shape index (κ1) is 17.9. The van der Waals surface area contributed by atoms with Crippen molar-refractivity contribution < 1.29 is 19.8 Å².